The lowest BCUT2D eigenvalue weighted by Gasteiger charge is -2.10. The third-order valence-electron chi connectivity index (χ3n) is 3.77. The van der Waals surface area contributed by atoms with Crippen LogP contribution in [0, 0.1) is 0 Å². The van der Waals surface area contributed by atoms with E-state index in [1.807, 2.05) is 91.0 Å². The topological polar surface area (TPSA) is 50.7 Å². The van der Waals surface area contributed by atoms with Gasteiger partial charge in [0, 0.05) is 11.8 Å². The van der Waals surface area contributed by atoms with E-state index in [1.54, 1.807) is 6.08 Å². The predicted octanol–water partition coefficient (Wildman–Crippen LogP) is 4.55. The molecule has 3 rings (SSSR count). The largest absolute Gasteiger partial charge is 0.483 e. The Balaban J connectivity index is 1.51. The average molecular weight is 356 g/mol. The second-order valence-corrected chi connectivity index (χ2v) is 5.73. The van der Waals surface area contributed by atoms with E-state index in [9.17, 15) is 4.79 Å². The fraction of sp³-hybridized carbons (Fsp3) is 0.0435. The lowest BCUT2D eigenvalue weighted by Crippen LogP contribution is -2.24. The number of carbonyl (C=O) groups excluding carboxylic acids is 1. The Morgan fingerprint density at radius 1 is 0.889 bits per heavy atom. The van der Waals surface area contributed by atoms with E-state index < -0.39 is 0 Å². The highest BCUT2D eigenvalue weighted by atomic mass is 16.5. The number of nitrogens with one attached hydrogen (secondary N) is 1. The molecule has 0 saturated carbocycles. The molecule has 134 valence electrons. The quantitative estimate of drug-likeness (QED) is 0.499. The highest BCUT2D eigenvalue weighted by molar-refractivity contribution is 5.82. The maximum atomic E-state index is 11.9. The minimum absolute atomic E-state index is 0.108. The first-order valence-electron chi connectivity index (χ1n) is 8.64. The maximum absolute atomic E-state index is 11.9. The van der Waals surface area contributed by atoms with Crippen molar-refractivity contribution in [1.82, 2.24) is 5.43 Å². The number of benzene rings is 3. The number of rotatable bonds is 7. The highest BCUT2D eigenvalue weighted by Gasteiger charge is 2.07. The number of hydrogen-bond donors (Lipinski definition) is 1. The number of amides is 1. The molecule has 0 aromatic heterocycles. The van der Waals surface area contributed by atoms with Crippen LogP contribution in [0.25, 0.3) is 17.2 Å². The summed E-state index contributed by atoms with van der Waals surface area (Å²) in [6.45, 7) is -0.108. The van der Waals surface area contributed by atoms with E-state index in [1.165, 1.54) is 6.21 Å². The summed E-state index contributed by atoms with van der Waals surface area (Å²) in [5.74, 6) is 0.342. The molecule has 3 aromatic rings. The summed E-state index contributed by atoms with van der Waals surface area (Å²) in [4.78, 5) is 11.9. The molecule has 4 nitrogen and oxygen atoms in total. The summed E-state index contributed by atoms with van der Waals surface area (Å²) < 4.78 is 5.68. The first-order valence-corrected chi connectivity index (χ1v) is 8.64. The average Bonchev–Trinajstić information content (AvgIpc) is 2.73. The standard InChI is InChI=1S/C23H20N2O2/c26-23(25-24-17-9-12-19-10-3-1-4-11-19)18-27-22-16-8-7-15-21(22)20-13-5-2-6-14-20/h1-17H,18H2,(H,25,26). The lowest BCUT2D eigenvalue weighted by atomic mass is 10.1. The molecule has 1 N–H and O–H groups in total. The Morgan fingerprint density at radius 2 is 1.56 bits per heavy atom. The SMILES string of the molecule is O=C(COc1ccccc1-c1ccccc1)NN=CC=Cc1ccccc1. The van der Waals surface area contributed by atoms with E-state index in [2.05, 4.69) is 10.5 Å². The van der Waals surface area contributed by atoms with Crippen molar-refractivity contribution in [3.05, 3.63) is 96.6 Å². The van der Waals surface area contributed by atoms with Gasteiger partial charge in [-0.1, -0.05) is 84.9 Å². The fourth-order valence-corrected chi connectivity index (χ4v) is 2.49. The molecular formula is C23H20N2O2. The summed E-state index contributed by atoms with van der Waals surface area (Å²) in [6.07, 6.45) is 5.20. The second-order valence-electron chi connectivity index (χ2n) is 5.73. The third kappa shape index (κ3) is 5.68. The van der Waals surface area contributed by atoms with Crippen LogP contribution in [-0.4, -0.2) is 18.7 Å². The van der Waals surface area contributed by atoms with Crippen LogP contribution in [0.2, 0.25) is 0 Å². The van der Waals surface area contributed by atoms with E-state index >= 15 is 0 Å². The third-order valence-corrected chi connectivity index (χ3v) is 3.77. The molecular weight excluding hydrogens is 336 g/mol. The predicted molar refractivity (Wildman–Crippen MR) is 109 cm³/mol. The summed E-state index contributed by atoms with van der Waals surface area (Å²) in [5, 5.41) is 3.89. The molecule has 4 heteroatoms. The molecule has 0 atom stereocenters. The van der Waals surface area contributed by atoms with Crippen molar-refractivity contribution in [1.29, 1.82) is 0 Å². The zero-order valence-electron chi connectivity index (χ0n) is 14.8. The Morgan fingerprint density at radius 3 is 2.33 bits per heavy atom. The van der Waals surface area contributed by atoms with Crippen molar-refractivity contribution in [3.8, 4) is 16.9 Å². The molecule has 0 radical (unpaired) electrons. The van der Waals surface area contributed by atoms with Crippen molar-refractivity contribution in [2.24, 2.45) is 5.10 Å². The summed E-state index contributed by atoms with van der Waals surface area (Å²) in [6, 6.07) is 27.4. The Labute approximate surface area is 158 Å². The van der Waals surface area contributed by atoms with Gasteiger partial charge in [-0.15, -0.1) is 0 Å². The monoisotopic (exact) mass is 356 g/mol. The van der Waals surface area contributed by atoms with Crippen LogP contribution in [0.4, 0.5) is 0 Å². The Kier molecular flexibility index (Phi) is 6.54. The number of hydrazone groups is 1. The molecule has 0 aliphatic heterocycles. The minimum Gasteiger partial charge on any atom is -0.483 e. The van der Waals surface area contributed by atoms with Gasteiger partial charge in [-0.3, -0.25) is 4.79 Å². The minimum atomic E-state index is -0.317. The van der Waals surface area contributed by atoms with Gasteiger partial charge in [0.05, 0.1) is 0 Å². The van der Waals surface area contributed by atoms with Gasteiger partial charge in [0.2, 0.25) is 0 Å². The number of carbonyl (C=O) groups is 1. The van der Waals surface area contributed by atoms with Crippen molar-refractivity contribution >= 4 is 18.2 Å². The van der Waals surface area contributed by atoms with E-state index in [4.69, 9.17) is 4.74 Å². The van der Waals surface area contributed by atoms with Crippen molar-refractivity contribution in [2.75, 3.05) is 6.61 Å². The lowest BCUT2D eigenvalue weighted by molar-refractivity contribution is -0.123. The molecule has 27 heavy (non-hydrogen) atoms. The number of hydrogen-bond acceptors (Lipinski definition) is 3. The number of nitrogens with zero attached hydrogens (tertiary/aromatic N) is 1. The fourth-order valence-electron chi connectivity index (χ4n) is 2.49. The zero-order chi connectivity index (χ0) is 18.7. The molecule has 0 heterocycles. The summed E-state index contributed by atoms with van der Waals surface area (Å²) in [7, 11) is 0. The van der Waals surface area contributed by atoms with Crippen LogP contribution in [0.1, 0.15) is 5.56 Å². The van der Waals surface area contributed by atoms with Gasteiger partial charge >= 0.3 is 0 Å². The van der Waals surface area contributed by atoms with Crippen LogP contribution in [0.15, 0.2) is 96.1 Å². The molecule has 0 aliphatic rings. The number of ether oxygens (including phenoxy) is 1. The van der Waals surface area contributed by atoms with E-state index in [0.717, 1.165) is 16.7 Å². The van der Waals surface area contributed by atoms with Crippen molar-refractivity contribution in [2.45, 2.75) is 0 Å². The van der Waals surface area contributed by atoms with E-state index in [0.29, 0.717) is 5.75 Å². The maximum Gasteiger partial charge on any atom is 0.277 e. The van der Waals surface area contributed by atoms with Gasteiger partial charge in [0.25, 0.3) is 5.91 Å². The van der Waals surface area contributed by atoms with E-state index in [-0.39, 0.29) is 12.5 Å². The smallest absolute Gasteiger partial charge is 0.277 e. The Hall–Kier alpha value is -3.66. The van der Waals surface area contributed by atoms with Crippen LogP contribution < -0.4 is 10.2 Å². The second kappa shape index (κ2) is 9.73. The van der Waals surface area contributed by atoms with Crippen LogP contribution >= 0.6 is 0 Å². The highest BCUT2D eigenvalue weighted by Crippen LogP contribution is 2.29. The summed E-state index contributed by atoms with van der Waals surface area (Å²) in [5.41, 5.74) is 5.50. The molecule has 0 saturated heterocycles. The number of allylic oxidation sites excluding steroid dienone is 1. The van der Waals surface area contributed by atoms with Crippen molar-refractivity contribution in [3.63, 3.8) is 0 Å². The van der Waals surface area contributed by atoms with Gasteiger partial charge in [0.1, 0.15) is 5.75 Å². The molecule has 0 aliphatic carbocycles. The molecule has 0 spiro atoms. The number of para-hydroxylation sites is 1. The Bertz CT molecular complexity index is 919. The van der Waals surface area contributed by atoms with Gasteiger partial charge in [0.15, 0.2) is 6.61 Å². The molecule has 0 bridgehead atoms. The van der Waals surface area contributed by atoms with Crippen LogP contribution in [0.5, 0.6) is 5.75 Å². The van der Waals surface area contributed by atoms with Gasteiger partial charge < -0.3 is 4.74 Å². The van der Waals surface area contributed by atoms with Gasteiger partial charge in [-0.25, -0.2) is 5.43 Å². The van der Waals surface area contributed by atoms with Gasteiger partial charge in [-0.05, 0) is 23.3 Å². The van der Waals surface area contributed by atoms with Crippen LogP contribution in [-0.2, 0) is 4.79 Å². The first-order chi connectivity index (χ1) is 13.3. The van der Waals surface area contributed by atoms with Gasteiger partial charge in [-0.2, -0.15) is 5.10 Å². The molecule has 0 unspecified atom stereocenters. The first kappa shape index (κ1) is 18.1. The van der Waals surface area contributed by atoms with Crippen LogP contribution in [0.3, 0.4) is 0 Å². The summed E-state index contributed by atoms with van der Waals surface area (Å²) >= 11 is 0. The molecule has 3 aromatic carbocycles. The zero-order valence-corrected chi connectivity index (χ0v) is 14.8. The molecule has 1 amide bonds. The normalized spacial score (nSPS) is 11.0. The molecule has 0 fully saturated rings. The van der Waals surface area contributed by atoms with Crippen molar-refractivity contribution < 1.29 is 9.53 Å².